The highest BCUT2D eigenvalue weighted by Gasteiger charge is 2.44. The molecule has 1 aliphatic rings. The summed E-state index contributed by atoms with van der Waals surface area (Å²) in [5, 5.41) is 11.7. The minimum Gasteiger partial charge on any atom is -0.503 e. The van der Waals surface area contributed by atoms with Crippen LogP contribution in [0.5, 0.6) is 11.5 Å². The normalized spacial score (nSPS) is 15.9. The molecule has 0 bridgehead atoms. The van der Waals surface area contributed by atoms with Crippen LogP contribution in [0.1, 0.15) is 59.2 Å². The molecule has 0 saturated heterocycles. The lowest BCUT2D eigenvalue weighted by Gasteiger charge is -2.28. The zero-order chi connectivity index (χ0) is 25.7. The fourth-order valence-corrected chi connectivity index (χ4v) is 5.33. The number of Topliss-reactive ketones (excluding diaryl/α,β-unsaturated/α-hetero) is 1. The molecular formula is C26H35N3O5S. The topological polar surface area (TPSA) is 92.2 Å². The van der Waals surface area contributed by atoms with E-state index in [0.29, 0.717) is 47.2 Å². The van der Waals surface area contributed by atoms with Gasteiger partial charge >= 0.3 is 0 Å². The number of carbonyl (C=O) groups excluding carboxylic acids is 2. The van der Waals surface area contributed by atoms with E-state index >= 15 is 0 Å². The zero-order valence-corrected chi connectivity index (χ0v) is 22.2. The minimum atomic E-state index is -0.738. The summed E-state index contributed by atoms with van der Waals surface area (Å²) in [6.07, 6.45) is 0.714. The van der Waals surface area contributed by atoms with Crippen LogP contribution < -0.4 is 9.47 Å². The van der Waals surface area contributed by atoms with Crippen molar-refractivity contribution in [3.05, 3.63) is 50.7 Å². The van der Waals surface area contributed by atoms with Crippen molar-refractivity contribution in [2.45, 2.75) is 47.1 Å². The van der Waals surface area contributed by atoms with Crippen LogP contribution in [0.3, 0.4) is 0 Å². The van der Waals surface area contributed by atoms with Gasteiger partial charge in [0.25, 0.3) is 5.91 Å². The number of carbonyl (C=O) groups is 2. The van der Waals surface area contributed by atoms with Gasteiger partial charge in [0.1, 0.15) is 0 Å². The van der Waals surface area contributed by atoms with Crippen LogP contribution in [0.15, 0.2) is 29.5 Å². The first-order valence-electron chi connectivity index (χ1n) is 12.0. The van der Waals surface area contributed by atoms with Gasteiger partial charge in [-0.25, -0.2) is 4.98 Å². The molecule has 35 heavy (non-hydrogen) atoms. The number of aliphatic hydroxyl groups is 1. The first-order valence-corrected chi connectivity index (χ1v) is 12.8. The second-order valence-corrected chi connectivity index (χ2v) is 9.57. The van der Waals surface area contributed by atoms with E-state index in [0.717, 1.165) is 24.6 Å². The van der Waals surface area contributed by atoms with Gasteiger partial charge in [0.2, 0.25) is 5.78 Å². The number of hydrogen-bond acceptors (Lipinski definition) is 8. The molecule has 0 aliphatic carbocycles. The molecule has 0 saturated carbocycles. The Hall–Kier alpha value is -2.91. The molecule has 1 aromatic heterocycles. The van der Waals surface area contributed by atoms with Gasteiger partial charge in [-0.15, -0.1) is 11.3 Å². The maximum atomic E-state index is 13.7. The van der Waals surface area contributed by atoms with E-state index in [2.05, 4.69) is 23.7 Å². The molecule has 1 aromatic carbocycles. The smallest absolute Gasteiger partial charge is 0.290 e. The third kappa shape index (κ3) is 5.51. The fourth-order valence-electron chi connectivity index (χ4n) is 4.46. The fraction of sp³-hybridized carbons (Fsp3) is 0.500. The van der Waals surface area contributed by atoms with Gasteiger partial charge in [-0.2, -0.15) is 0 Å². The van der Waals surface area contributed by atoms with Gasteiger partial charge in [0, 0.05) is 6.54 Å². The van der Waals surface area contributed by atoms with Crippen molar-refractivity contribution >= 4 is 23.0 Å². The molecule has 8 nitrogen and oxygen atoms in total. The SMILES string of the molecule is CCOc1ccc(C2C(C(=O)c3sc(C)nc3C)=C(O)C(=O)N2CCCN(CC)CC)cc1OC. The molecule has 2 heterocycles. The number of methoxy groups -OCH3 is 1. The maximum Gasteiger partial charge on any atom is 0.290 e. The van der Waals surface area contributed by atoms with E-state index in [1.165, 1.54) is 11.3 Å². The quantitative estimate of drug-likeness (QED) is 0.429. The van der Waals surface area contributed by atoms with Crippen molar-refractivity contribution in [2.24, 2.45) is 0 Å². The molecule has 1 unspecified atom stereocenters. The summed E-state index contributed by atoms with van der Waals surface area (Å²) in [7, 11) is 1.55. The number of aliphatic hydroxyl groups excluding tert-OH is 1. The molecule has 190 valence electrons. The third-order valence-electron chi connectivity index (χ3n) is 6.23. The largest absolute Gasteiger partial charge is 0.503 e. The number of amides is 1. The number of aromatic nitrogens is 1. The highest BCUT2D eigenvalue weighted by Crippen LogP contribution is 2.42. The van der Waals surface area contributed by atoms with Crippen LogP contribution >= 0.6 is 11.3 Å². The summed E-state index contributed by atoms with van der Waals surface area (Å²) in [6.45, 7) is 13.2. The molecule has 0 spiro atoms. The van der Waals surface area contributed by atoms with Crippen molar-refractivity contribution in [1.82, 2.24) is 14.8 Å². The number of ether oxygens (including phenoxy) is 2. The third-order valence-corrected chi connectivity index (χ3v) is 7.30. The minimum absolute atomic E-state index is 0.0794. The van der Waals surface area contributed by atoms with Gasteiger partial charge in [-0.05, 0) is 64.5 Å². The average molecular weight is 502 g/mol. The van der Waals surface area contributed by atoms with Crippen molar-refractivity contribution in [2.75, 3.05) is 39.9 Å². The number of rotatable bonds is 12. The highest BCUT2D eigenvalue weighted by molar-refractivity contribution is 7.14. The van der Waals surface area contributed by atoms with Crippen molar-refractivity contribution in [3.63, 3.8) is 0 Å². The molecule has 1 amide bonds. The number of aryl methyl sites for hydroxylation is 2. The number of hydrogen-bond donors (Lipinski definition) is 1. The molecule has 1 aliphatic heterocycles. The predicted octanol–water partition coefficient (Wildman–Crippen LogP) is 4.48. The number of thiazole rings is 1. The van der Waals surface area contributed by atoms with Crippen LogP contribution in [0, 0.1) is 13.8 Å². The number of nitrogens with zero attached hydrogens (tertiary/aromatic N) is 3. The Morgan fingerprint density at radius 1 is 1.20 bits per heavy atom. The summed E-state index contributed by atoms with van der Waals surface area (Å²) in [5.74, 6) is -0.331. The predicted molar refractivity (Wildman–Crippen MR) is 137 cm³/mol. The lowest BCUT2D eigenvalue weighted by atomic mass is 9.94. The van der Waals surface area contributed by atoms with Crippen molar-refractivity contribution < 1.29 is 24.2 Å². The molecule has 1 N–H and O–H groups in total. The van der Waals surface area contributed by atoms with Crippen molar-refractivity contribution in [1.29, 1.82) is 0 Å². The first-order chi connectivity index (χ1) is 16.8. The van der Waals surface area contributed by atoms with E-state index in [9.17, 15) is 14.7 Å². The summed E-state index contributed by atoms with van der Waals surface area (Å²) in [4.78, 5) is 35.6. The standard InChI is InChI=1S/C26H35N3O5S/c1-7-28(8-2)13-10-14-29-22(18-11-12-19(34-9-3)20(15-18)33-6)21(24(31)26(29)32)23(30)25-16(4)27-17(5)35-25/h11-12,15,22,31H,7-10,13-14H2,1-6H3. The zero-order valence-electron chi connectivity index (χ0n) is 21.4. The second kappa shape index (κ2) is 11.7. The monoisotopic (exact) mass is 501 g/mol. The Morgan fingerprint density at radius 2 is 1.91 bits per heavy atom. The second-order valence-electron chi connectivity index (χ2n) is 8.36. The van der Waals surface area contributed by atoms with E-state index in [4.69, 9.17) is 9.47 Å². The van der Waals surface area contributed by atoms with Gasteiger partial charge in [0.15, 0.2) is 17.3 Å². The molecule has 2 aromatic rings. The lowest BCUT2D eigenvalue weighted by Crippen LogP contribution is -2.34. The van der Waals surface area contributed by atoms with Crippen LogP contribution in [-0.2, 0) is 4.79 Å². The van der Waals surface area contributed by atoms with Gasteiger partial charge in [-0.3, -0.25) is 9.59 Å². The summed E-state index contributed by atoms with van der Waals surface area (Å²) >= 11 is 1.27. The summed E-state index contributed by atoms with van der Waals surface area (Å²) in [6, 6.07) is 4.63. The van der Waals surface area contributed by atoms with Crippen LogP contribution in [0.25, 0.3) is 0 Å². The Morgan fingerprint density at radius 3 is 2.49 bits per heavy atom. The molecule has 0 radical (unpaired) electrons. The van der Waals surface area contributed by atoms with Crippen LogP contribution in [0.2, 0.25) is 0 Å². The molecule has 1 atom stereocenters. The van der Waals surface area contributed by atoms with Gasteiger partial charge in [-0.1, -0.05) is 19.9 Å². The first kappa shape index (κ1) is 26.7. The summed E-state index contributed by atoms with van der Waals surface area (Å²) < 4.78 is 11.2. The van der Waals surface area contributed by atoms with Crippen molar-refractivity contribution in [3.8, 4) is 11.5 Å². The maximum absolute atomic E-state index is 13.7. The Kier molecular flexibility index (Phi) is 8.91. The molecule has 9 heteroatoms. The Bertz CT molecular complexity index is 1110. The number of benzene rings is 1. The molecule has 3 rings (SSSR count). The molecular weight excluding hydrogens is 466 g/mol. The van der Waals surface area contributed by atoms with E-state index in [-0.39, 0.29) is 11.4 Å². The number of ketones is 1. The van der Waals surface area contributed by atoms with Gasteiger partial charge in [0.05, 0.1) is 40.9 Å². The highest BCUT2D eigenvalue weighted by atomic mass is 32.1. The van der Waals surface area contributed by atoms with Gasteiger partial charge < -0.3 is 24.4 Å². The lowest BCUT2D eigenvalue weighted by molar-refractivity contribution is -0.129. The van der Waals surface area contributed by atoms with Crippen LogP contribution in [-0.4, -0.2) is 71.5 Å². The molecule has 0 fully saturated rings. The van der Waals surface area contributed by atoms with E-state index < -0.39 is 17.7 Å². The Balaban J connectivity index is 2.04. The van der Waals surface area contributed by atoms with E-state index in [1.54, 1.807) is 31.1 Å². The van der Waals surface area contributed by atoms with E-state index in [1.807, 2.05) is 19.9 Å². The average Bonchev–Trinajstić information content (AvgIpc) is 3.32. The Labute approximate surface area is 211 Å². The van der Waals surface area contributed by atoms with Crippen LogP contribution in [0.4, 0.5) is 0 Å². The summed E-state index contributed by atoms with van der Waals surface area (Å²) in [5.41, 5.74) is 1.34.